The van der Waals surface area contributed by atoms with E-state index in [-0.39, 0.29) is 16.5 Å². The molecule has 1 amide bonds. The Morgan fingerprint density at radius 3 is 2.57 bits per heavy atom. The first kappa shape index (κ1) is 8.68. The average Bonchev–Trinajstić information content (AvgIpc) is 2.56. The van der Waals surface area contributed by atoms with Crippen molar-refractivity contribution in [1.29, 1.82) is 0 Å². The molecule has 0 fully saturated rings. The zero-order valence-electron chi connectivity index (χ0n) is 6.97. The molecular weight excluding hydrogens is 190 g/mol. The zero-order chi connectivity index (χ0) is 10.3. The summed E-state index contributed by atoms with van der Waals surface area (Å²) >= 11 is 0. The molecule has 0 unspecified atom stereocenters. The molecule has 0 saturated carbocycles. The standard InChI is InChI=1S/C9H6F2N2O/c10-5-1-2-6(11)8-7(5)4(3-13-8)9(12)14/h1-3,13H,(H2,12,14). The van der Waals surface area contributed by atoms with Gasteiger partial charge in [0.15, 0.2) is 0 Å². The fraction of sp³-hybridized carbons (Fsp3) is 0. The molecule has 0 atom stereocenters. The highest BCUT2D eigenvalue weighted by Crippen LogP contribution is 2.23. The third-order valence-electron chi connectivity index (χ3n) is 2.00. The van der Waals surface area contributed by atoms with E-state index < -0.39 is 17.5 Å². The molecule has 3 nitrogen and oxygen atoms in total. The van der Waals surface area contributed by atoms with Crippen molar-refractivity contribution >= 4 is 16.8 Å². The summed E-state index contributed by atoms with van der Waals surface area (Å²) in [6, 6.07) is 1.94. The number of hydrogen-bond acceptors (Lipinski definition) is 1. The van der Waals surface area contributed by atoms with Crippen LogP contribution in [-0.2, 0) is 0 Å². The number of primary amides is 1. The highest BCUT2D eigenvalue weighted by atomic mass is 19.1. The van der Waals surface area contributed by atoms with Crippen LogP contribution in [0.5, 0.6) is 0 Å². The SMILES string of the molecule is NC(=O)c1c[nH]c2c(F)ccc(F)c12. The molecule has 0 bridgehead atoms. The molecule has 3 N–H and O–H groups in total. The van der Waals surface area contributed by atoms with Gasteiger partial charge in [-0.2, -0.15) is 0 Å². The van der Waals surface area contributed by atoms with E-state index in [1.54, 1.807) is 0 Å². The average molecular weight is 196 g/mol. The normalized spacial score (nSPS) is 10.7. The molecule has 1 aromatic heterocycles. The van der Waals surface area contributed by atoms with Crippen molar-refractivity contribution in [2.75, 3.05) is 0 Å². The molecule has 2 rings (SSSR count). The topological polar surface area (TPSA) is 58.9 Å². The molecule has 0 spiro atoms. The predicted molar refractivity (Wildman–Crippen MR) is 46.7 cm³/mol. The number of hydrogen-bond donors (Lipinski definition) is 2. The van der Waals surface area contributed by atoms with Gasteiger partial charge in [-0.1, -0.05) is 0 Å². The molecule has 5 heteroatoms. The number of aromatic nitrogens is 1. The lowest BCUT2D eigenvalue weighted by molar-refractivity contribution is 0.100. The molecular formula is C9H6F2N2O. The first-order chi connectivity index (χ1) is 6.61. The minimum atomic E-state index is -0.791. The van der Waals surface area contributed by atoms with Crippen molar-refractivity contribution in [3.63, 3.8) is 0 Å². The van der Waals surface area contributed by atoms with E-state index in [2.05, 4.69) is 4.98 Å². The highest BCUT2D eigenvalue weighted by molar-refractivity contribution is 6.06. The first-order valence-electron chi connectivity index (χ1n) is 3.86. The Balaban J connectivity index is 2.90. The zero-order valence-corrected chi connectivity index (χ0v) is 6.97. The summed E-state index contributed by atoms with van der Waals surface area (Å²) in [6.45, 7) is 0. The Hall–Kier alpha value is -1.91. The number of amides is 1. The second-order valence-corrected chi connectivity index (χ2v) is 2.85. The lowest BCUT2D eigenvalue weighted by atomic mass is 10.1. The van der Waals surface area contributed by atoms with Crippen LogP contribution in [0.25, 0.3) is 10.9 Å². The van der Waals surface area contributed by atoms with Crippen LogP contribution in [-0.4, -0.2) is 10.9 Å². The van der Waals surface area contributed by atoms with Gasteiger partial charge in [0.05, 0.1) is 16.5 Å². The van der Waals surface area contributed by atoms with Gasteiger partial charge in [-0.15, -0.1) is 0 Å². The molecule has 0 aliphatic heterocycles. The number of benzene rings is 1. The van der Waals surface area contributed by atoms with Crippen molar-refractivity contribution in [1.82, 2.24) is 4.98 Å². The predicted octanol–water partition coefficient (Wildman–Crippen LogP) is 1.54. The maximum absolute atomic E-state index is 13.2. The summed E-state index contributed by atoms with van der Waals surface area (Å²) in [5.41, 5.74) is 4.91. The lowest BCUT2D eigenvalue weighted by Gasteiger charge is -1.96. The summed E-state index contributed by atoms with van der Waals surface area (Å²) in [6.07, 6.45) is 1.19. The fourth-order valence-electron chi connectivity index (χ4n) is 1.37. The molecule has 0 radical (unpaired) electrons. The van der Waals surface area contributed by atoms with Gasteiger partial charge in [0.25, 0.3) is 5.91 Å². The van der Waals surface area contributed by atoms with Crippen molar-refractivity contribution < 1.29 is 13.6 Å². The second-order valence-electron chi connectivity index (χ2n) is 2.85. The molecule has 0 saturated heterocycles. The quantitative estimate of drug-likeness (QED) is 0.714. The number of H-pyrrole nitrogens is 1. The van der Waals surface area contributed by atoms with Gasteiger partial charge in [0.1, 0.15) is 11.6 Å². The number of rotatable bonds is 1. The Morgan fingerprint density at radius 2 is 1.93 bits per heavy atom. The Morgan fingerprint density at radius 1 is 1.29 bits per heavy atom. The Labute approximate surface area is 77.5 Å². The van der Waals surface area contributed by atoms with Crippen molar-refractivity contribution in [2.24, 2.45) is 5.73 Å². The van der Waals surface area contributed by atoms with E-state index in [1.165, 1.54) is 6.20 Å². The number of halogens is 2. The number of aromatic amines is 1. The van der Waals surface area contributed by atoms with E-state index in [4.69, 9.17) is 5.73 Å². The van der Waals surface area contributed by atoms with E-state index in [0.29, 0.717) is 0 Å². The monoisotopic (exact) mass is 196 g/mol. The van der Waals surface area contributed by atoms with E-state index >= 15 is 0 Å². The maximum Gasteiger partial charge on any atom is 0.250 e. The maximum atomic E-state index is 13.2. The second kappa shape index (κ2) is 2.80. The third kappa shape index (κ3) is 1.06. The van der Waals surface area contributed by atoms with Crippen LogP contribution in [0.4, 0.5) is 8.78 Å². The molecule has 2 aromatic rings. The van der Waals surface area contributed by atoms with Crippen LogP contribution in [0.3, 0.4) is 0 Å². The molecule has 1 heterocycles. The van der Waals surface area contributed by atoms with Gasteiger partial charge >= 0.3 is 0 Å². The Bertz CT molecular complexity index is 519. The number of carbonyl (C=O) groups excluding carboxylic acids is 1. The number of carbonyl (C=O) groups is 1. The molecule has 0 aliphatic rings. The summed E-state index contributed by atoms with van der Waals surface area (Å²) in [5, 5.41) is -0.0995. The smallest absolute Gasteiger partial charge is 0.250 e. The largest absolute Gasteiger partial charge is 0.366 e. The number of nitrogens with two attached hydrogens (primary N) is 1. The third-order valence-corrected chi connectivity index (χ3v) is 2.00. The van der Waals surface area contributed by atoms with Gasteiger partial charge in [-0.25, -0.2) is 8.78 Å². The van der Waals surface area contributed by atoms with Gasteiger partial charge in [-0.3, -0.25) is 4.79 Å². The molecule has 0 aliphatic carbocycles. The van der Waals surface area contributed by atoms with Crippen LogP contribution >= 0.6 is 0 Å². The van der Waals surface area contributed by atoms with Crippen molar-refractivity contribution in [2.45, 2.75) is 0 Å². The minimum absolute atomic E-state index is 0.0428. The van der Waals surface area contributed by atoms with Crippen LogP contribution in [0.2, 0.25) is 0 Å². The van der Waals surface area contributed by atoms with Gasteiger partial charge in [0.2, 0.25) is 0 Å². The minimum Gasteiger partial charge on any atom is -0.366 e. The lowest BCUT2D eigenvalue weighted by Crippen LogP contribution is -2.10. The van der Waals surface area contributed by atoms with E-state index in [9.17, 15) is 13.6 Å². The van der Waals surface area contributed by atoms with Gasteiger partial charge < -0.3 is 10.7 Å². The number of fused-ring (bicyclic) bond motifs is 1. The van der Waals surface area contributed by atoms with E-state index in [0.717, 1.165) is 12.1 Å². The van der Waals surface area contributed by atoms with Crippen LogP contribution in [0.15, 0.2) is 18.3 Å². The molecule has 1 aromatic carbocycles. The molecule has 14 heavy (non-hydrogen) atoms. The van der Waals surface area contributed by atoms with Crippen molar-refractivity contribution in [3.8, 4) is 0 Å². The van der Waals surface area contributed by atoms with Gasteiger partial charge in [0, 0.05) is 6.20 Å². The summed E-state index contributed by atoms with van der Waals surface area (Å²) in [7, 11) is 0. The highest BCUT2D eigenvalue weighted by Gasteiger charge is 2.15. The Kier molecular flexibility index (Phi) is 1.73. The molecule has 72 valence electrons. The van der Waals surface area contributed by atoms with Crippen molar-refractivity contribution in [3.05, 3.63) is 35.5 Å². The first-order valence-corrected chi connectivity index (χ1v) is 3.86. The van der Waals surface area contributed by atoms with E-state index in [1.807, 2.05) is 0 Å². The van der Waals surface area contributed by atoms with Crippen LogP contribution < -0.4 is 5.73 Å². The summed E-state index contributed by atoms with van der Waals surface area (Å²) < 4.78 is 26.3. The summed E-state index contributed by atoms with van der Waals surface area (Å²) in [5.74, 6) is -2.08. The summed E-state index contributed by atoms with van der Waals surface area (Å²) in [4.78, 5) is 13.3. The van der Waals surface area contributed by atoms with Gasteiger partial charge in [-0.05, 0) is 12.1 Å². The van der Waals surface area contributed by atoms with Crippen LogP contribution in [0, 0.1) is 11.6 Å². The van der Waals surface area contributed by atoms with Crippen LogP contribution in [0.1, 0.15) is 10.4 Å². The number of nitrogens with one attached hydrogen (secondary N) is 1. The fourth-order valence-corrected chi connectivity index (χ4v) is 1.37.